The first kappa shape index (κ1) is 25.8. The molecule has 0 bridgehead atoms. The number of H-pyrrole nitrogens is 1. The first-order chi connectivity index (χ1) is 16.3. The number of rotatable bonds is 5. The minimum Gasteiger partial charge on any atom is -0.387 e. The summed E-state index contributed by atoms with van der Waals surface area (Å²) in [5.74, 6) is 0. The zero-order valence-electron chi connectivity index (χ0n) is 18.2. The Morgan fingerprint density at radius 2 is 1.97 bits per heavy atom. The molecule has 2 saturated heterocycles. The lowest BCUT2D eigenvalue weighted by Gasteiger charge is -2.30. The molecular weight excluding hydrogens is 500 g/mol. The molecule has 15 heteroatoms. The molecule has 1 aromatic carbocycles. The lowest BCUT2D eigenvalue weighted by Crippen LogP contribution is -2.45. The van der Waals surface area contributed by atoms with Gasteiger partial charge in [-0.3, -0.25) is 14.3 Å². The number of alkyl halides is 3. The van der Waals surface area contributed by atoms with E-state index in [4.69, 9.17) is 13.8 Å². The van der Waals surface area contributed by atoms with Gasteiger partial charge in [0, 0.05) is 18.7 Å². The molecule has 4 rings (SSSR count). The van der Waals surface area contributed by atoms with Crippen LogP contribution in [0.4, 0.5) is 13.2 Å². The lowest BCUT2D eigenvalue weighted by molar-refractivity contribution is -0.150. The summed E-state index contributed by atoms with van der Waals surface area (Å²) in [6, 6.07) is 5.75. The second-order valence-corrected chi connectivity index (χ2v) is 10.0. The van der Waals surface area contributed by atoms with Crippen LogP contribution in [-0.2, 0) is 24.5 Å². The van der Waals surface area contributed by atoms with Gasteiger partial charge in [-0.2, -0.15) is 17.7 Å². The maximum atomic E-state index is 13.4. The summed E-state index contributed by atoms with van der Waals surface area (Å²) in [7, 11) is -4.29. The number of nitrogens with one attached hydrogen (secondary N) is 1. The van der Waals surface area contributed by atoms with Gasteiger partial charge in [-0.05, 0) is 18.6 Å². The van der Waals surface area contributed by atoms with E-state index in [-0.39, 0.29) is 18.6 Å². The summed E-state index contributed by atoms with van der Waals surface area (Å²) >= 11 is 0. The first-order valence-electron chi connectivity index (χ1n) is 10.5. The van der Waals surface area contributed by atoms with Crippen LogP contribution in [0.2, 0.25) is 0 Å². The second-order valence-electron chi connectivity index (χ2n) is 8.34. The van der Waals surface area contributed by atoms with E-state index in [0.29, 0.717) is 0 Å². The van der Waals surface area contributed by atoms with Crippen molar-refractivity contribution in [3.8, 4) is 0 Å². The van der Waals surface area contributed by atoms with Crippen molar-refractivity contribution in [2.45, 2.75) is 49.7 Å². The molecule has 0 amide bonds. The molecule has 35 heavy (non-hydrogen) atoms. The SMILES string of the molecule is C[C@]1(C[OH+]P2(=O)OCC[C@@H](c3ccccc3C(F)(F)F)O2)OC(n2ccc(=O)[nH]c2=O)[C@H](O)[C@@H]1O. The van der Waals surface area contributed by atoms with Crippen LogP contribution >= 0.6 is 7.82 Å². The van der Waals surface area contributed by atoms with Crippen LogP contribution in [0, 0.1) is 0 Å². The highest BCUT2D eigenvalue weighted by molar-refractivity contribution is 7.47. The van der Waals surface area contributed by atoms with E-state index in [1.807, 2.05) is 4.98 Å². The number of ether oxygens (including phenoxy) is 1. The van der Waals surface area contributed by atoms with Crippen molar-refractivity contribution in [1.29, 1.82) is 0 Å². The van der Waals surface area contributed by atoms with Gasteiger partial charge in [0.2, 0.25) is 0 Å². The minimum absolute atomic E-state index is 0.00108. The third-order valence-corrected chi connectivity index (χ3v) is 7.34. The van der Waals surface area contributed by atoms with E-state index >= 15 is 0 Å². The largest absolute Gasteiger partial charge is 0.635 e. The van der Waals surface area contributed by atoms with Gasteiger partial charge in [-0.25, -0.2) is 13.8 Å². The summed E-state index contributed by atoms with van der Waals surface area (Å²) in [5.41, 5.74) is -4.40. The molecule has 2 aromatic rings. The van der Waals surface area contributed by atoms with Crippen molar-refractivity contribution in [2.24, 2.45) is 0 Å². The molecule has 0 radical (unpaired) electrons. The highest BCUT2D eigenvalue weighted by Crippen LogP contribution is 2.57. The Balaban J connectivity index is 1.50. The van der Waals surface area contributed by atoms with Crippen molar-refractivity contribution >= 4 is 7.82 Å². The van der Waals surface area contributed by atoms with Gasteiger partial charge in [0.15, 0.2) is 18.4 Å². The lowest BCUT2D eigenvalue weighted by atomic mass is 9.99. The fourth-order valence-corrected chi connectivity index (χ4v) is 5.52. The fraction of sp³-hybridized carbons (Fsp3) is 0.500. The number of hydrogen-bond acceptors (Lipinski definition) is 8. The van der Waals surface area contributed by atoms with Gasteiger partial charge in [-0.15, -0.1) is 0 Å². The predicted octanol–water partition coefficient (Wildman–Crippen LogP) is 1.38. The summed E-state index contributed by atoms with van der Waals surface area (Å²) in [6.45, 7) is 0.578. The molecule has 6 atom stereocenters. The third-order valence-electron chi connectivity index (χ3n) is 5.82. The van der Waals surface area contributed by atoms with Crippen LogP contribution in [0.15, 0.2) is 46.1 Å². The van der Waals surface area contributed by atoms with Gasteiger partial charge in [-0.1, -0.05) is 18.2 Å². The van der Waals surface area contributed by atoms with Crippen LogP contribution in [0.5, 0.6) is 0 Å². The monoisotopic (exact) mass is 523 g/mol. The quantitative estimate of drug-likeness (QED) is 0.393. The zero-order valence-corrected chi connectivity index (χ0v) is 19.1. The number of benzene rings is 1. The predicted molar refractivity (Wildman–Crippen MR) is 112 cm³/mol. The number of halogens is 3. The van der Waals surface area contributed by atoms with Crippen molar-refractivity contribution < 1.29 is 46.3 Å². The number of aliphatic hydroxyl groups is 3. The van der Waals surface area contributed by atoms with Crippen LogP contribution in [0.1, 0.15) is 36.8 Å². The Morgan fingerprint density at radius 3 is 2.66 bits per heavy atom. The third kappa shape index (κ3) is 5.14. The molecule has 2 fully saturated rings. The maximum Gasteiger partial charge on any atom is 0.635 e. The summed E-state index contributed by atoms with van der Waals surface area (Å²) in [4.78, 5) is 25.3. The molecule has 3 heterocycles. The van der Waals surface area contributed by atoms with Gasteiger partial charge in [0.25, 0.3) is 5.56 Å². The summed E-state index contributed by atoms with van der Waals surface area (Å²) in [5, 5.41) is 21.0. The number of hydrogen-bond donors (Lipinski definition) is 3. The minimum atomic E-state index is -4.65. The van der Waals surface area contributed by atoms with E-state index in [1.165, 1.54) is 25.1 Å². The molecule has 11 nitrogen and oxygen atoms in total. The van der Waals surface area contributed by atoms with E-state index < -0.39 is 67.6 Å². The standard InChI is InChI=1S/C20H22F3N2O9P/c1-19(16(28)15(27)17(33-19)25-8-6-14(26)24-18(25)29)10-32-35(30)31-9-7-13(34-35)11-4-2-3-5-12(11)20(21,22)23/h2-6,8,13,15-17,27-28H,7,9-10H2,1H3,(H,24,26,29)/p+1/t13-,15+,16-,17?,19+,35?/m0/s1. The van der Waals surface area contributed by atoms with Gasteiger partial charge in [0.05, 0.1) is 12.2 Å². The molecule has 1 aromatic heterocycles. The molecule has 4 N–H and O–H groups in total. The van der Waals surface area contributed by atoms with Crippen LogP contribution in [0.25, 0.3) is 0 Å². The highest BCUT2D eigenvalue weighted by atomic mass is 31.2. The van der Waals surface area contributed by atoms with Crippen LogP contribution in [0.3, 0.4) is 0 Å². The molecule has 192 valence electrons. The number of aromatic nitrogens is 2. The van der Waals surface area contributed by atoms with Gasteiger partial charge < -0.3 is 19.5 Å². The zero-order chi connectivity index (χ0) is 25.6. The molecule has 2 unspecified atom stereocenters. The highest BCUT2D eigenvalue weighted by Gasteiger charge is 2.56. The Hall–Kier alpha value is -2.32. The van der Waals surface area contributed by atoms with Gasteiger partial charge >= 0.3 is 19.7 Å². The number of aromatic amines is 1. The van der Waals surface area contributed by atoms with Crippen LogP contribution in [-0.4, -0.2) is 55.3 Å². The molecule has 0 spiro atoms. The van der Waals surface area contributed by atoms with E-state index in [1.54, 1.807) is 0 Å². The number of aliphatic hydroxyl groups excluding tert-OH is 2. The summed E-state index contributed by atoms with van der Waals surface area (Å²) in [6.07, 6.45) is -9.44. The fourth-order valence-electron chi connectivity index (χ4n) is 3.98. The second kappa shape index (κ2) is 9.28. The summed E-state index contributed by atoms with van der Waals surface area (Å²) < 4.78 is 74.3. The maximum absolute atomic E-state index is 13.4. The molecular formula is C20H23F3N2O9P+. The normalized spacial score (nSPS) is 33.7. The Kier molecular flexibility index (Phi) is 6.83. The Labute approximate surface area is 195 Å². The molecule has 2 aliphatic heterocycles. The van der Waals surface area contributed by atoms with E-state index in [2.05, 4.69) is 4.52 Å². The van der Waals surface area contributed by atoms with Crippen molar-refractivity contribution in [3.63, 3.8) is 0 Å². The molecule has 0 saturated carbocycles. The van der Waals surface area contributed by atoms with E-state index in [0.717, 1.165) is 22.9 Å². The smallest absolute Gasteiger partial charge is 0.387 e. The van der Waals surface area contributed by atoms with Crippen LogP contribution < -0.4 is 11.2 Å². The van der Waals surface area contributed by atoms with Crippen molar-refractivity contribution in [1.82, 2.24) is 9.55 Å². The van der Waals surface area contributed by atoms with E-state index in [9.17, 15) is 37.5 Å². The Morgan fingerprint density at radius 1 is 1.26 bits per heavy atom. The van der Waals surface area contributed by atoms with Crippen molar-refractivity contribution in [3.05, 3.63) is 68.5 Å². The first-order valence-corrected chi connectivity index (χ1v) is 12.0. The average Bonchev–Trinajstić information content (AvgIpc) is 3.02. The Bertz CT molecular complexity index is 1250. The topological polar surface area (TPSA) is 153 Å². The average molecular weight is 523 g/mol. The number of nitrogens with zero attached hydrogens (tertiary/aromatic N) is 1. The van der Waals surface area contributed by atoms with Gasteiger partial charge in [0.1, 0.15) is 18.3 Å². The molecule has 2 aliphatic rings. The molecule has 0 aliphatic carbocycles. The van der Waals surface area contributed by atoms with Crippen molar-refractivity contribution in [2.75, 3.05) is 13.2 Å².